The Labute approximate surface area is 97.2 Å². The number of aromatic amines is 1. The van der Waals surface area contributed by atoms with Gasteiger partial charge in [-0.15, -0.1) is 0 Å². The number of hydrogen-bond donors (Lipinski definition) is 2. The van der Waals surface area contributed by atoms with Crippen LogP contribution in [0, 0.1) is 6.92 Å². The van der Waals surface area contributed by atoms with Crippen molar-refractivity contribution >= 4 is 29.2 Å². The van der Waals surface area contributed by atoms with Crippen molar-refractivity contribution in [1.29, 1.82) is 0 Å². The van der Waals surface area contributed by atoms with Crippen LogP contribution in [0.2, 0.25) is 10.0 Å². The van der Waals surface area contributed by atoms with Crippen LogP contribution >= 0.6 is 23.2 Å². The van der Waals surface area contributed by atoms with Crippen molar-refractivity contribution in [2.24, 2.45) is 0 Å². The first-order valence-electron chi connectivity index (χ1n) is 4.36. The minimum absolute atomic E-state index is 0.374. The van der Waals surface area contributed by atoms with Gasteiger partial charge in [0.25, 0.3) is 0 Å². The van der Waals surface area contributed by atoms with E-state index >= 15 is 0 Å². The van der Waals surface area contributed by atoms with Crippen molar-refractivity contribution in [3.05, 3.63) is 33.9 Å². The number of hydrogen-bond acceptors (Lipinski definition) is 2. The van der Waals surface area contributed by atoms with E-state index in [1.54, 1.807) is 6.07 Å². The summed E-state index contributed by atoms with van der Waals surface area (Å²) in [5, 5.41) is 1.00. The van der Waals surface area contributed by atoms with E-state index in [-0.39, 0.29) is 0 Å². The highest BCUT2D eigenvalue weighted by molar-refractivity contribution is 6.43. The van der Waals surface area contributed by atoms with Crippen molar-refractivity contribution in [2.75, 3.05) is 5.73 Å². The molecule has 0 radical (unpaired) electrons. The number of rotatable bonds is 1. The number of nitrogens with one attached hydrogen (secondary N) is 1. The van der Waals surface area contributed by atoms with Gasteiger partial charge in [0.1, 0.15) is 0 Å². The second-order valence-corrected chi connectivity index (χ2v) is 3.98. The lowest BCUT2D eigenvalue weighted by molar-refractivity contribution is 1.26. The summed E-state index contributed by atoms with van der Waals surface area (Å²) in [7, 11) is 0. The highest BCUT2D eigenvalue weighted by atomic mass is 35.5. The van der Waals surface area contributed by atoms with Crippen molar-refractivity contribution in [3.63, 3.8) is 0 Å². The number of benzene rings is 1. The molecule has 3 nitrogen and oxygen atoms in total. The van der Waals surface area contributed by atoms with Gasteiger partial charge >= 0.3 is 0 Å². The van der Waals surface area contributed by atoms with Crippen LogP contribution in [-0.4, -0.2) is 9.97 Å². The number of nitrogen functional groups attached to an aromatic ring is 1. The molecular formula is C10H9Cl2N3. The van der Waals surface area contributed by atoms with Crippen LogP contribution in [0.25, 0.3) is 11.3 Å². The molecule has 0 bridgehead atoms. The average molecular weight is 242 g/mol. The number of H-pyrrole nitrogens is 1. The Morgan fingerprint density at radius 1 is 1.33 bits per heavy atom. The molecular weight excluding hydrogens is 233 g/mol. The average Bonchev–Trinajstić information content (AvgIpc) is 2.50. The van der Waals surface area contributed by atoms with Crippen LogP contribution in [0.5, 0.6) is 0 Å². The number of nitrogens with zero attached hydrogens (tertiary/aromatic N) is 1. The minimum atomic E-state index is 0.374. The summed E-state index contributed by atoms with van der Waals surface area (Å²) in [6.07, 6.45) is 0. The molecule has 0 aliphatic heterocycles. The van der Waals surface area contributed by atoms with E-state index in [1.807, 2.05) is 19.1 Å². The Bertz CT molecular complexity index is 505. The molecule has 0 saturated heterocycles. The highest BCUT2D eigenvalue weighted by Gasteiger charge is 2.12. The Morgan fingerprint density at radius 3 is 2.67 bits per heavy atom. The maximum atomic E-state index is 6.08. The van der Waals surface area contributed by atoms with E-state index in [4.69, 9.17) is 28.9 Å². The zero-order valence-electron chi connectivity index (χ0n) is 8.01. The number of aryl methyl sites for hydroxylation is 1. The summed E-state index contributed by atoms with van der Waals surface area (Å²) in [6, 6.07) is 5.42. The smallest absolute Gasteiger partial charge is 0.198 e. The monoisotopic (exact) mass is 241 g/mol. The summed E-state index contributed by atoms with van der Waals surface area (Å²) in [6.45, 7) is 1.88. The highest BCUT2D eigenvalue weighted by Crippen LogP contribution is 2.34. The topological polar surface area (TPSA) is 54.7 Å². The third kappa shape index (κ3) is 1.80. The molecule has 5 heteroatoms. The van der Waals surface area contributed by atoms with Gasteiger partial charge in [0, 0.05) is 11.3 Å². The summed E-state index contributed by atoms with van der Waals surface area (Å²) >= 11 is 12.0. The largest absolute Gasteiger partial charge is 0.369 e. The molecule has 2 rings (SSSR count). The lowest BCUT2D eigenvalue weighted by Gasteiger charge is -2.03. The van der Waals surface area contributed by atoms with Gasteiger partial charge in [-0.2, -0.15) is 0 Å². The Kier molecular flexibility index (Phi) is 2.59. The fourth-order valence-electron chi connectivity index (χ4n) is 1.43. The van der Waals surface area contributed by atoms with Crippen LogP contribution < -0.4 is 5.73 Å². The first-order valence-corrected chi connectivity index (χ1v) is 5.11. The molecule has 0 amide bonds. The molecule has 0 fully saturated rings. The summed E-state index contributed by atoms with van der Waals surface area (Å²) in [5.41, 5.74) is 7.96. The van der Waals surface area contributed by atoms with E-state index < -0.39 is 0 Å². The van der Waals surface area contributed by atoms with Gasteiger partial charge in [0.2, 0.25) is 0 Å². The first kappa shape index (κ1) is 10.3. The van der Waals surface area contributed by atoms with Crippen molar-refractivity contribution < 1.29 is 0 Å². The summed E-state index contributed by atoms with van der Waals surface area (Å²) < 4.78 is 0. The number of imidazole rings is 1. The molecule has 3 N–H and O–H groups in total. The second-order valence-electron chi connectivity index (χ2n) is 3.20. The molecule has 2 aromatic rings. The van der Waals surface area contributed by atoms with Gasteiger partial charge in [0.05, 0.1) is 15.7 Å². The Morgan fingerprint density at radius 2 is 2.07 bits per heavy atom. The zero-order chi connectivity index (χ0) is 11.0. The van der Waals surface area contributed by atoms with Gasteiger partial charge in [-0.25, -0.2) is 4.98 Å². The number of nitrogens with two attached hydrogens (primary N) is 1. The Balaban J connectivity index is 2.64. The van der Waals surface area contributed by atoms with E-state index in [1.165, 1.54) is 0 Å². The van der Waals surface area contributed by atoms with Crippen LogP contribution in [0.15, 0.2) is 18.2 Å². The van der Waals surface area contributed by atoms with Gasteiger partial charge in [-0.1, -0.05) is 35.3 Å². The van der Waals surface area contributed by atoms with E-state index in [9.17, 15) is 0 Å². The maximum Gasteiger partial charge on any atom is 0.198 e. The second kappa shape index (κ2) is 3.76. The molecule has 0 atom stereocenters. The molecule has 1 aromatic heterocycles. The predicted molar refractivity (Wildman–Crippen MR) is 63.2 cm³/mol. The standard InChI is InChI=1S/C10H9Cl2N3/c1-5-9(15-10(13)14-5)6-3-2-4-7(11)8(6)12/h2-4H,1H3,(H3,13,14,15). The van der Waals surface area contributed by atoms with Crippen molar-refractivity contribution in [1.82, 2.24) is 9.97 Å². The molecule has 0 unspecified atom stereocenters. The maximum absolute atomic E-state index is 6.08. The van der Waals surface area contributed by atoms with Gasteiger partial charge in [-0.3, -0.25) is 0 Å². The van der Waals surface area contributed by atoms with E-state index in [2.05, 4.69) is 9.97 Å². The quantitative estimate of drug-likeness (QED) is 0.806. The van der Waals surface area contributed by atoms with Crippen LogP contribution in [0.1, 0.15) is 5.69 Å². The fourth-order valence-corrected chi connectivity index (χ4v) is 1.82. The third-order valence-corrected chi connectivity index (χ3v) is 2.93. The fraction of sp³-hybridized carbons (Fsp3) is 0.100. The number of halogens is 2. The van der Waals surface area contributed by atoms with E-state index in [0.717, 1.165) is 17.0 Å². The van der Waals surface area contributed by atoms with Crippen LogP contribution in [0.4, 0.5) is 5.95 Å². The zero-order valence-corrected chi connectivity index (χ0v) is 9.52. The van der Waals surface area contributed by atoms with Gasteiger partial charge in [0.15, 0.2) is 5.95 Å². The molecule has 0 aliphatic carbocycles. The summed E-state index contributed by atoms with van der Waals surface area (Å²) in [5.74, 6) is 0.374. The number of aromatic nitrogens is 2. The molecule has 0 saturated carbocycles. The number of anilines is 1. The molecule has 1 heterocycles. The predicted octanol–water partition coefficient (Wildman–Crippen LogP) is 3.27. The molecule has 15 heavy (non-hydrogen) atoms. The molecule has 0 spiro atoms. The van der Waals surface area contributed by atoms with Crippen molar-refractivity contribution in [2.45, 2.75) is 6.92 Å². The van der Waals surface area contributed by atoms with Crippen LogP contribution in [-0.2, 0) is 0 Å². The normalized spacial score (nSPS) is 10.6. The van der Waals surface area contributed by atoms with E-state index in [0.29, 0.717) is 16.0 Å². The van der Waals surface area contributed by atoms with Crippen molar-refractivity contribution in [3.8, 4) is 11.3 Å². The van der Waals surface area contributed by atoms with Crippen LogP contribution in [0.3, 0.4) is 0 Å². The molecule has 78 valence electrons. The molecule has 1 aromatic carbocycles. The summed E-state index contributed by atoms with van der Waals surface area (Å²) in [4.78, 5) is 7.08. The lowest BCUT2D eigenvalue weighted by Crippen LogP contribution is -1.86. The third-order valence-electron chi connectivity index (χ3n) is 2.11. The molecule has 0 aliphatic rings. The lowest BCUT2D eigenvalue weighted by atomic mass is 10.1. The Hall–Kier alpha value is -1.19. The van der Waals surface area contributed by atoms with Gasteiger partial charge in [-0.05, 0) is 13.0 Å². The SMILES string of the molecule is Cc1[nH]c(N)nc1-c1cccc(Cl)c1Cl. The van der Waals surface area contributed by atoms with Gasteiger partial charge < -0.3 is 10.7 Å². The first-order chi connectivity index (χ1) is 7.09. The minimum Gasteiger partial charge on any atom is -0.369 e.